The lowest BCUT2D eigenvalue weighted by atomic mass is 9.99. The summed E-state index contributed by atoms with van der Waals surface area (Å²) in [5, 5.41) is 2.92. The number of fused-ring (bicyclic) bond motifs is 3. The summed E-state index contributed by atoms with van der Waals surface area (Å²) >= 11 is 0. The first-order valence-electron chi connectivity index (χ1n) is 9.39. The van der Waals surface area contributed by atoms with E-state index in [9.17, 15) is 4.79 Å². The number of hydrogen-bond donors (Lipinski definition) is 1. The minimum Gasteiger partial charge on any atom is -0.466 e. The van der Waals surface area contributed by atoms with Crippen molar-refractivity contribution < 1.29 is 9.53 Å². The van der Waals surface area contributed by atoms with Crippen LogP contribution < -0.4 is 5.32 Å². The van der Waals surface area contributed by atoms with E-state index in [0.717, 1.165) is 16.7 Å². The summed E-state index contributed by atoms with van der Waals surface area (Å²) in [6, 6.07) is 27.4. The molecule has 4 nitrogen and oxygen atoms in total. The maximum Gasteiger partial charge on any atom is 0.249 e. The summed E-state index contributed by atoms with van der Waals surface area (Å²) in [6.45, 7) is 2.61. The van der Waals surface area contributed by atoms with Crippen LogP contribution in [0, 0.1) is 6.92 Å². The molecule has 0 spiro atoms. The second-order valence-corrected chi connectivity index (χ2v) is 6.85. The van der Waals surface area contributed by atoms with E-state index in [4.69, 9.17) is 4.74 Å². The van der Waals surface area contributed by atoms with Gasteiger partial charge in [-0.25, -0.2) is 4.99 Å². The number of aryl methyl sites for hydroxylation is 1. The molecule has 2 aliphatic heterocycles. The van der Waals surface area contributed by atoms with E-state index in [1.807, 2.05) is 72.8 Å². The summed E-state index contributed by atoms with van der Waals surface area (Å²) in [4.78, 5) is 16.7. The number of carbonyl (C=O) groups is 1. The van der Waals surface area contributed by atoms with Crippen molar-refractivity contribution in [2.75, 3.05) is 0 Å². The fourth-order valence-corrected chi connectivity index (χ4v) is 3.36. The van der Waals surface area contributed by atoms with E-state index < -0.39 is 6.04 Å². The molecule has 3 aromatic rings. The number of aliphatic imine (C=N–C) groups is 1. The van der Waals surface area contributed by atoms with Crippen molar-refractivity contribution >= 4 is 11.8 Å². The molecule has 4 heteroatoms. The molecule has 0 radical (unpaired) electrons. The first kappa shape index (κ1) is 18.0. The topological polar surface area (TPSA) is 50.7 Å². The molecule has 0 bridgehead atoms. The second kappa shape index (κ2) is 8.09. The van der Waals surface area contributed by atoms with Gasteiger partial charge in [0, 0.05) is 17.7 Å². The van der Waals surface area contributed by atoms with Crippen LogP contribution in [0.4, 0.5) is 0 Å². The van der Waals surface area contributed by atoms with Gasteiger partial charge >= 0.3 is 0 Å². The number of rotatable bonds is 1. The van der Waals surface area contributed by atoms with E-state index in [2.05, 4.69) is 29.4 Å². The molecule has 0 saturated heterocycles. The SMILES string of the molecule is Cc1ccccc1.O=C1NCc2ccccc2C2OC(c3ccccc3)=NC12. The Morgan fingerprint density at radius 2 is 1.54 bits per heavy atom. The number of nitrogens with one attached hydrogen (secondary N) is 1. The smallest absolute Gasteiger partial charge is 0.249 e. The molecule has 2 atom stereocenters. The lowest BCUT2D eigenvalue weighted by Gasteiger charge is -2.15. The van der Waals surface area contributed by atoms with Gasteiger partial charge in [0.1, 0.15) is 0 Å². The molecule has 1 amide bonds. The normalized spacial score (nSPS) is 19.6. The van der Waals surface area contributed by atoms with E-state index in [0.29, 0.717) is 12.4 Å². The van der Waals surface area contributed by atoms with Gasteiger partial charge in [-0.1, -0.05) is 78.4 Å². The third-order valence-electron chi connectivity index (χ3n) is 4.83. The van der Waals surface area contributed by atoms with Crippen molar-refractivity contribution in [3.8, 4) is 0 Å². The highest BCUT2D eigenvalue weighted by atomic mass is 16.5. The molecular weight excluding hydrogens is 348 g/mol. The van der Waals surface area contributed by atoms with Gasteiger partial charge in [0.2, 0.25) is 11.8 Å². The van der Waals surface area contributed by atoms with Gasteiger partial charge in [0.05, 0.1) is 0 Å². The number of carbonyl (C=O) groups excluding carboxylic acids is 1. The highest BCUT2D eigenvalue weighted by Gasteiger charge is 2.40. The molecular formula is C24H22N2O2. The van der Waals surface area contributed by atoms with Crippen molar-refractivity contribution in [1.29, 1.82) is 0 Å². The molecule has 2 heterocycles. The van der Waals surface area contributed by atoms with Crippen LogP contribution in [0.5, 0.6) is 0 Å². The fraction of sp³-hybridized carbons (Fsp3) is 0.167. The molecule has 0 saturated carbocycles. The van der Waals surface area contributed by atoms with Crippen LogP contribution in [0.2, 0.25) is 0 Å². The third-order valence-corrected chi connectivity index (χ3v) is 4.83. The molecule has 0 aliphatic carbocycles. The van der Waals surface area contributed by atoms with Crippen LogP contribution in [0.25, 0.3) is 0 Å². The Labute approximate surface area is 164 Å². The van der Waals surface area contributed by atoms with Gasteiger partial charge in [-0.05, 0) is 24.6 Å². The number of hydrogen-bond acceptors (Lipinski definition) is 3. The standard InChI is InChI=1S/C17H14N2O2.C7H8/c20-16-14-15(13-9-5-4-8-12(13)10-18-16)21-17(19-14)11-6-2-1-3-7-11;1-7-5-3-2-4-6-7/h1-9,14-15H,10H2,(H,18,20);2-6H,1H3. The first-order chi connectivity index (χ1) is 13.7. The van der Waals surface area contributed by atoms with Gasteiger partial charge in [-0.3, -0.25) is 4.79 Å². The van der Waals surface area contributed by atoms with E-state index in [-0.39, 0.29) is 12.0 Å². The number of amides is 1. The van der Waals surface area contributed by atoms with Crippen LogP contribution in [0.1, 0.15) is 28.4 Å². The molecule has 2 unspecified atom stereocenters. The van der Waals surface area contributed by atoms with E-state index in [1.165, 1.54) is 5.56 Å². The fourth-order valence-electron chi connectivity index (χ4n) is 3.36. The van der Waals surface area contributed by atoms with Gasteiger partial charge in [-0.2, -0.15) is 0 Å². The second-order valence-electron chi connectivity index (χ2n) is 6.85. The zero-order valence-electron chi connectivity index (χ0n) is 15.7. The predicted molar refractivity (Wildman–Crippen MR) is 110 cm³/mol. The zero-order chi connectivity index (χ0) is 19.3. The minimum atomic E-state index is -0.510. The monoisotopic (exact) mass is 370 g/mol. The zero-order valence-corrected chi connectivity index (χ0v) is 15.7. The van der Waals surface area contributed by atoms with Crippen LogP contribution in [0.3, 0.4) is 0 Å². The summed E-state index contributed by atoms with van der Waals surface area (Å²) in [6.07, 6.45) is -0.334. The van der Waals surface area contributed by atoms with Gasteiger partial charge in [0.25, 0.3) is 0 Å². The molecule has 0 fully saturated rings. The van der Waals surface area contributed by atoms with Gasteiger partial charge < -0.3 is 10.1 Å². The first-order valence-corrected chi connectivity index (χ1v) is 9.39. The summed E-state index contributed by atoms with van der Waals surface area (Å²) < 4.78 is 6.02. The van der Waals surface area contributed by atoms with Crippen LogP contribution >= 0.6 is 0 Å². The minimum absolute atomic E-state index is 0.0814. The molecule has 5 rings (SSSR count). The Kier molecular flexibility index (Phi) is 5.20. The molecule has 28 heavy (non-hydrogen) atoms. The van der Waals surface area contributed by atoms with Crippen molar-refractivity contribution in [3.63, 3.8) is 0 Å². The molecule has 140 valence electrons. The largest absolute Gasteiger partial charge is 0.466 e. The molecule has 3 aromatic carbocycles. The van der Waals surface area contributed by atoms with Crippen molar-refractivity contribution in [3.05, 3.63) is 107 Å². The molecule has 2 aliphatic rings. The quantitative estimate of drug-likeness (QED) is 0.698. The third kappa shape index (κ3) is 3.81. The van der Waals surface area contributed by atoms with Crippen molar-refractivity contribution in [2.24, 2.45) is 4.99 Å². The van der Waals surface area contributed by atoms with Gasteiger partial charge in [-0.15, -0.1) is 0 Å². The maximum absolute atomic E-state index is 12.2. The van der Waals surface area contributed by atoms with Crippen LogP contribution in [-0.2, 0) is 16.1 Å². The van der Waals surface area contributed by atoms with E-state index >= 15 is 0 Å². The number of ether oxygens (including phenoxy) is 1. The molecule has 1 N–H and O–H groups in total. The Morgan fingerprint density at radius 1 is 0.893 bits per heavy atom. The van der Waals surface area contributed by atoms with Gasteiger partial charge in [0.15, 0.2) is 12.1 Å². The average molecular weight is 370 g/mol. The van der Waals surface area contributed by atoms with Crippen molar-refractivity contribution in [1.82, 2.24) is 5.32 Å². The molecule has 0 aromatic heterocycles. The highest BCUT2D eigenvalue weighted by molar-refractivity contribution is 5.99. The predicted octanol–water partition coefficient (Wildman–Crippen LogP) is 4.20. The summed E-state index contributed by atoms with van der Waals surface area (Å²) in [5.74, 6) is 0.458. The number of benzene rings is 3. The Morgan fingerprint density at radius 3 is 2.21 bits per heavy atom. The lowest BCUT2D eigenvalue weighted by Crippen LogP contribution is -2.32. The van der Waals surface area contributed by atoms with Crippen LogP contribution in [-0.4, -0.2) is 17.8 Å². The number of nitrogens with zero attached hydrogens (tertiary/aromatic N) is 1. The summed E-state index contributed by atoms with van der Waals surface area (Å²) in [7, 11) is 0. The Bertz CT molecular complexity index is 984. The lowest BCUT2D eigenvalue weighted by molar-refractivity contribution is -0.123. The van der Waals surface area contributed by atoms with Crippen LogP contribution in [0.15, 0.2) is 89.9 Å². The average Bonchev–Trinajstić information content (AvgIpc) is 3.14. The van der Waals surface area contributed by atoms with Crippen molar-refractivity contribution in [2.45, 2.75) is 25.6 Å². The highest BCUT2D eigenvalue weighted by Crippen LogP contribution is 2.34. The Balaban J connectivity index is 0.000000233. The van der Waals surface area contributed by atoms with E-state index in [1.54, 1.807) is 0 Å². The maximum atomic E-state index is 12.2. The Hall–Kier alpha value is -3.40. The summed E-state index contributed by atoms with van der Waals surface area (Å²) in [5.41, 5.74) is 4.34.